The molecule has 0 N–H and O–H groups in total. The monoisotopic (exact) mass is 368 g/mol. The first-order valence-electron chi connectivity index (χ1n) is 6.08. The molecule has 1 aromatic carbocycles. The molecule has 0 spiro atoms. The molecule has 0 aliphatic rings. The average molecular weight is 369 g/mol. The molecule has 1 atom stereocenters. The summed E-state index contributed by atoms with van der Waals surface area (Å²) >= 11 is 6.08. The van der Waals surface area contributed by atoms with E-state index in [1.165, 1.54) is 16.7 Å². The number of hydrogen-bond acceptors (Lipinski definition) is 3. The number of nitrogens with zero attached hydrogens (tertiary/aromatic N) is 2. The Hall–Kier alpha value is -1.87. The summed E-state index contributed by atoms with van der Waals surface area (Å²) in [5, 5.41) is 0. The van der Waals surface area contributed by atoms with Crippen LogP contribution in [0.3, 0.4) is 0 Å². The second-order valence-electron chi connectivity index (χ2n) is 4.29. The predicted octanol–water partition coefficient (Wildman–Crippen LogP) is 3.71. The van der Waals surface area contributed by atoms with Crippen molar-refractivity contribution >= 4 is 28.8 Å². The van der Waals surface area contributed by atoms with Crippen LogP contribution < -0.4 is 9.54 Å². The predicted molar refractivity (Wildman–Crippen MR) is 76.4 cm³/mol. The Balaban J connectivity index is 2.47. The van der Waals surface area contributed by atoms with E-state index >= 15 is 0 Å². The number of aryl methyl sites for hydroxylation is 1. The van der Waals surface area contributed by atoms with E-state index in [4.69, 9.17) is 11.6 Å². The molecule has 1 aromatic heterocycles. The Labute approximate surface area is 136 Å². The molecule has 124 valence electrons. The van der Waals surface area contributed by atoms with Crippen molar-refractivity contribution in [3.8, 4) is 11.4 Å². The van der Waals surface area contributed by atoms with Crippen molar-refractivity contribution in [2.45, 2.75) is 18.9 Å². The number of carbonyl (C=O) groups is 1. The second kappa shape index (κ2) is 6.71. The minimum Gasteiger partial charge on any atom is -0.406 e. The van der Waals surface area contributed by atoms with Gasteiger partial charge in [0.25, 0.3) is 11.5 Å². The number of carbonyl (C=O) groups excluding carboxylic acids is 1. The van der Waals surface area contributed by atoms with Crippen molar-refractivity contribution in [3.05, 3.63) is 40.1 Å². The van der Waals surface area contributed by atoms with Crippen LogP contribution in [0.4, 0.5) is 17.6 Å². The van der Waals surface area contributed by atoms with Crippen LogP contribution in [-0.2, 0) is 4.79 Å². The van der Waals surface area contributed by atoms with Crippen LogP contribution in [0.15, 0.2) is 35.5 Å². The molecule has 0 aliphatic carbocycles. The molecule has 10 heteroatoms. The van der Waals surface area contributed by atoms with E-state index in [-0.39, 0.29) is 10.5 Å². The van der Waals surface area contributed by atoms with Gasteiger partial charge >= 0.3 is 6.36 Å². The number of thiazole rings is 1. The largest absolute Gasteiger partial charge is 0.573 e. The van der Waals surface area contributed by atoms with Crippen LogP contribution in [0.25, 0.3) is 5.69 Å². The van der Waals surface area contributed by atoms with Gasteiger partial charge in [-0.05, 0) is 19.1 Å². The van der Waals surface area contributed by atoms with Gasteiger partial charge in [-0.2, -0.15) is 4.99 Å². The molecule has 0 saturated carbocycles. The Morgan fingerprint density at radius 2 is 2.13 bits per heavy atom. The van der Waals surface area contributed by atoms with Crippen LogP contribution in [0.5, 0.6) is 5.75 Å². The van der Waals surface area contributed by atoms with Crippen molar-refractivity contribution in [1.82, 2.24) is 4.57 Å². The molecule has 2 aromatic rings. The lowest BCUT2D eigenvalue weighted by Crippen LogP contribution is -2.19. The first-order valence-corrected chi connectivity index (χ1v) is 7.33. The number of benzene rings is 1. The molecular formula is C13H9ClF4N2O2S. The summed E-state index contributed by atoms with van der Waals surface area (Å²) in [4.78, 5) is 15.6. The quantitative estimate of drug-likeness (QED) is 0.612. The van der Waals surface area contributed by atoms with Gasteiger partial charge in [0.2, 0.25) is 0 Å². The van der Waals surface area contributed by atoms with Gasteiger partial charge in [0.05, 0.1) is 5.69 Å². The zero-order valence-corrected chi connectivity index (χ0v) is 13.0. The Morgan fingerprint density at radius 1 is 1.43 bits per heavy atom. The zero-order chi connectivity index (χ0) is 17.2. The first-order chi connectivity index (χ1) is 10.7. The summed E-state index contributed by atoms with van der Waals surface area (Å²) in [5.41, 5.74) is -2.02. The minimum atomic E-state index is -4.82. The highest BCUT2D eigenvalue weighted by atomic mass is 35.5. The second-order valence-corrected chi connectivity index (χ2v) is 5.89. The van der Waals surface area contributed by atoms with E-state index in [2.05, 4.69) is 9.73 Å². The summed E-state index contributed by atoms with van der Waals surface area (Å²) in [5.74, 6) is -1.62. The Bertz CT molecular complexity index is 783. The van der Waals surface area contributed by atoms with E-state index < -0.39 is 23.6 Å². The van der Waals surface area contributed by atoms with Gasteiger partial charge < -0.3 is 4.74 Å². The van der Waals surface area contributed by atoms with E-state index in [0.29, 0.717) is 4.88 Å². The molecule has 0 bridgehead atoms. The molecule has 1 unspecified atom stereocenters. The van der Waals surface area contributed by atoms with E-state index in [1.807, 2.05) is 0 Å². The summed E-state index contributed by atoms with van der Waals surface area (Å²) in [6, 6.07) is 5.10. The van der Waals surface area contributed by atoms with Crippen molar-refractivity contribution < 1.29 is 27.1 Å². The van der Waals surface area contributed by atoms with Gasteiger partial charge in [-0.1, -0.05) is 17.7 Å². The SMILES string of the molecule is Cc1cn(-c2cccc(OC(F)(F)F)c2)c(=NC(=O)C(F)Cl)s1. The number of aromatic nitrogens is 1. The zero-order valence-electron chi connectivity index (χ0n) is 11.5. The average Bonchev–Trinajstić information content (AvgIpc) is 2.77. The Morgan fingerprint density at radius 3 is 2.74 bits per heavy atom. The molecule has 1 heterocycles. The third-order valence-corrected chi connectivity index (χ3v) is 3.58. The number of rotatable bonds is 3. The smallest absolute Gasteiger partial charge is 0.406 e. The van der Waals surface area contributed by atoms with Crippen LogP contribution in [0.2, 0.25) is 0 Å². The maximum Gasteiger partial charge on any atom is 0.573 e. The third-order valence-electron chi connectivity index (χ3n) is 2.49. The van der Waals surface area contributed by atoms with Crippen molar-refractivity contribution in [1.29, 1.82) is 0 Å². The molecule has 0 aliphatic heterocycles. The molecule has 0 fully saturated rings. The molecule has 23 heavy (non-hydrogen) atoms. The van der Waals surface area contributed by atoms with Gasteiger partial charge in [0.1, 0.15) is 5.75 Å². The number of hydrogen-bond donors (Lipinski definition) is 0. The lowest BCUT2D eigenvalue weighted by atomic mass is 10.3. The van der Waals surface area contributed by atoms with Gasteiger partial charge in [-0.25, -0.2) is 4.39 Å². The standard InChI is InChI=1S/C13H9ClF4N2O2S/c1-7-6-20(12(23-7)19-11(21)10(14)15)8-3-2-4-9(5-8)22-13(16,17)18/h2-6,10H,1H3. The molecule has 0 saturated heterocycles. The molecular weight excluding hydrogens is 360 g/mol. The van der Waals surface area contributed by atoms with Gasteiger partial charge in [-0.3, -0.25) is 9.36 Å². The fourth-order valence-corrected chi connectivity index (χ4v) is 2.58. The summed E-state index contributed by atoms with van der Waals surface area (Å²) in [6.07, 6.45) is -3.28. The summed E-state index contributed by atoms with van der Waals surface area (Å²) < 4.78 is 54.8. The van der Waals surface area contributed by atoms with Gasteiger partial charge in [0, 0.05) is 17.1 Å². The van der Waals surface area contributed by atoms with Crippen LogP contribution in [0.1, 0.15) is 4.88 Å². The first kappa shape index (κ1) is 17.5. The highest BCUT2D eigenvalue weighted by molar-refractivity contribution is 7.09. The normalized spacial score (nSPS) is 13.9. The number of amides is 1. The van der Waals surface area contributed by atoms with Crippen molar-refractivity contribution in [2.24, 2.45) is 4.99 Å². The molecule has 4 nitrogen and oxygen atoms in total. The fourth-order valence-electron chi connectivity index (χ4n) is 1.69. The van der Waals surface area contributed by atoms with Crippen LogP contribution in [0, 0.1) is 6.92 Å². The highest BCUT2D eigenvalue weighted by Crippen LogP contribution is 2.24. The lowest BCUT2D eigenvalue weighted by Gasteiger charge is -2.10. The molecule has 1 amide bonds. The lowest BCUT2D eigenvalue weighted by molar-refractivity contribution is -0.274. The maximum atomic E-state index is 12.7. The van der Waals surface area contributed by atoms with Crippen molar-refractivity contribution in [2.75, 3.05) is 0 Å². The van der Waals surface area contributed by atoms with Crippen LogP contribution >= 0.6 is 22.9 Å². The van der Waals surface area contributed by atoms with Gasteiger partial charge in [-0.15, -0.1) is 24.5 Å². The van der Waals surface area contributed by atoms with E-state index in [9.17, 15) is 22.4 Å². The number of alkyl halides is 5. The van der Waals surface area contributed by atoms with Crippen molar-refractivity contribution in [3.63, 3.8) is 0 Å². The highest BCUT2D eigenvalue weighted by Gasteiger charge is 2.31. The Kier molecular flexibility index (Phi) is 5.10. The third kappa shape index (κ3) is 4.80. The fraction of sp³-hybridized carbons (Fsp3) is 0.231. The van der Waals surface area contributed by atoms with E-state index in [1.54, 1.807) is 13.1 Å². The minimum absolute atomic E-state index is 0.0833. The van der Waals surface area contributed by atoms with Gasteiger partial charge in [0.15, 0.2) is 4.80 Å². The molecule has 0 radical (unpaired) electrons. The van der Waals surface area contributed by atoms with Crippen LogP contribution in [-0.4, -0.2) is 22.5 Å². The molecule has 2 rings (SSSR count). The summed E-state index contributed by atoms with van der Waals surface area (Å²) in [7, 11) is 0. The van der Waals surface area contributed by atoms with E-state index in [0.717, 1.165) is 23.5 Å². The summed E-state index contributed by atoms with van der Waals surface area (Å²) in [6.45, 7) is 1.70. The topological polar surface area (TPSA) is 43.6 Å². The number of ether oxygens (including phenoxy) is 1. The number of halogens is 5. The maximum absolute atomic E-state index is 12.7.